The molecule has 0 aliphatic rings. The van der Waals surface area contributed by atoms with Gasteiger partial charge in [-0.15, -0.1) is 0 Å². The first-order chi connectivity index (χ1) is 14.0. The molecule has 0 heterocycles. The van der Waals surface area contributed by atoms with Gasteiger partial charge in [0.2, 0.25) is 34.2 Å². The molecule has 0 bridgehead atoms. The van der Waals surface area contributed by atoms with E-state index in [0.717, 1.165) is 6.92 Å². The Morgan fingerprint density at radius 2 is 1.23 bits per heavy atom. The lowest BCUT2D eigenvalue weighted by atomic mass is 9.61. The molecule has 0 rings (SSSR count). The van der Waals surface area contributed by atoms with E-state index in [1.165, 1.54) is 0 Å². The molecule has 0 radical (unpaired) electrons. The Balaban J connectivity index is 7.02. The number of rotatable bonds is 14. The van der Waals surface area contributed by atoms with Crippen LogP contribution in [0.1, 0.15) is 60.3 Å². The van der Waals surface area contributed by atoms with Crippen LogP contribution in [-0.2, 0) is 28.8 Å². The Morgan fingerprint density at radius 1 is 0.774 bits per heavy atom. The van der Waals surface area contributed by atoms with Gasteiger partial charge in [-0.2, -0.15) is 0 Å². The average Bonchev–Trinajstić information content (AvgIpc) is 2.69. The minimum atomic E-state index is -4.18. The summed E-state index contributed by atoms with van der Waals surface area (Å²) in [6.45, 7) is 4.10. The number of aliphatic hydroxyl groups excluding tert-OH is 2. The van der Waals surface area contributed by atoms with E-state index in [-0.39, 0.29) is 6.42 Å². The molecular formula is C20H30O11. The highest BCUT2D eigenvalue weighted by Crippen LogP contribution is 2.39. The maximum Gasteiger partial charge on any atom is 0.241 e. The van der Waals surface area contributed by atoms with Crippen LogP contribution in [0.15, 0.2) is 0 Å². The van der Waals surface area contributed by atoms with Gasteiger partial charge < -0.3 is 25.5 Å². The van der Waals surface area contributed by atoms with Crippen molar-refractivity contribution in [1.29, 1.82) is 0 Å². The third kappa shape index (κ3) is 4.70. The van der Waals surface area contributed by atoms with Gasteiger partial charge in [0.25, 0.3) is 0 Å². The first-order valence-corrected chi connectivity index (χ1v) is 9.67. The molecule has 0 saturated heterocycles. The summed E-state index contributed by atoms with van der Waals surface area (Å²) in [4.78, 5) is 74.7. The summed E-state index contributed by atoms with van der Waals surface area (Å²) in [7, 11) is 0. The zero-order chi connectivity index (χ0) is 24.9. The lowest BCUT2D eigenvalue weighted by molar-refractivity contribution is -0.226. The molecular weight excluding hydrogens is 416 g/mol. The Kier molecular flexibility index (Phi) is 9.69. The van der Waals surface area contributed by atoms with Gasteiger partial charge in [0.15, 0.2) is 17.3 Å². The third-order valence-corrected chi connectivity index (χ3v) is 5.25. The fraction of sp³-hybridized carbons (Fsp3) is 0.700. The summed E-state index contributed by atoms with van der Waals surface area (Å²) < 4.78 is 0. The van der Waals surface area contributed by atoms with Gasteiger partial charge >= 0.3 is 0 Å². The van der Waals surface area contributed by atoms with Crippen molar-refractivity contribution < 1.29 is 54.3 Å². The van der Waals surface area contributed by atoms with Gasteiger partial charge in [-0.3, -0.25) is 28.8 Å². The van der Waals surface area contributed by atoms with E-state index in [1.54, 1.807) is 6.92 Å². The summed E-state index contributed by atoms with van der Waals surface area (Å²) >= 11 is 0. The van der Waals surface area contributed by atoms with Crippen molar-refractivity contribution in [2.24, 2.45) is 0 Å². The van der Waals surface area contributed by atoms with Crippen molar-refractivity contribution in [2.45, 2.75) is 89.3 Å². The summed E-state index contributed by atoms with van der Waals surface area (Å²) in [5.74, 6) is -10.7. The zero-order valence-corrected chi connectivity index (χ0v) is 18.2. The molecule has 0 aliphatic carbocycles. The van der Waals surface area contributed by atoms with E-state index in [4.69, 9.17) is 0 Å². The van der Waals surface area contributed by atoms with Crippen molar-refractivity contribution in [3.05, 3.63) is 0 Å². The van der Waals surface area contributed by atoms with Gasteiger partial charge in [0.05, 0.1) is 6.10 Å². The number of carbonyl (C=O) groups is 6. The maximum atomic E-state index is 12.8. The lowest BCUT2D eigenvalue weighted by Gasteiger charge is -2.46. The number of hydrogen-bond acceptors (Lipinski definition) is 11. The molecule has 11 nitrogen and oxygen atoms in total. The second kappa shape index (κ2) is 10.4. The van der Waals surface area contributed by atoms with Crippen LogP contribution >= 0.6 is 0 Å². The highest BCUT2D eigenvalue weighted by Gasteiger charge is 2.76. The smallest absolute Gasteiger partial charge is 0.241 e. The SMILES string of the molecule is CCCCCC(=O)C(=O)[C@@](O)(C(C)=O)[C@](O)(C(C)=O)[C@@](O)(C(C)=O)C(=O)C(O)C(C)O. The fourth-order valence-corrected chi connectivity index (χ4v) is 3.24. The van der Waals surface area contributed by atoms with Crippen molar-refractivity contribution in [3.8, 4) is 0 Å². The normalized spacial score (nSPS) is 19.2. The van der Waals surface area contributed by atoms with E-state index in [9.17, 15) is 54.3 Å². The Hall–Kier alpha value is -2.18. The molecule has 2 unspecified atom stereocenters. The van der Waals surface area contributed by atoms with Crippen molar-refractivity contribution in [3.63, 3.8) is 0 Å². The number of unbranched alkanes of at least 4 members (excludes halogenated alkanes) is 2. The van der Waals surface area contributed by atoms with E-state index in [0.29, 0.717) is 33.6 Å². The fourth-order valence-electron chi connectivity index (χ4n) is 3.24. The van der Waals surface area contributed by atoms with Crippen LogP contribution < -0.4 is 0 Å². The summed E-state index contributed by atoms with van der Waals surface area (Å²) in [5, 5.41) is 52.2. The molecule has 11 heteroatoms. The van der Waals surface area contributed by atoms with E-state index in [2.05, 4.69) is 0 Å². The van der Waals surface area contributed by atoms with Crippen molar-refractivity contribution in [1.82, 2.24) is 0 Å². The van der Waals surface area contributed by atoms with Gasteiger partial charge in [0, 0.05) is 6.42 Å². The first kappa shape index (κ1) is 28.8. The number of Topliss-reactive ketones (excluding diaryl/α,β-unsaturated/α-hetero) is 6. The van der Waals surface area contributed by atoms with Gasteiger partial charge in [-0.1, -0.05) is 19.8 Å². The second-order valence-electron chi connectivity index (χ2n) is 7.56. The van der Waals surface area contributed by atoms with Gasteiger partial charge in [-0.25, -0.2) is 0 Å². The summed E-state index contributed by atoms with van der Waals surface area (Å²) in [6, 6.07) is 0. The molecule has 0 saturated carbocycles. The van der Waals surface area contributed by atoms with Crippen LogP contribution in [0.3, 0.4) is 0 Å². The maximum absolute atomic E-state index is 12.8. The Morgan fingerprint density at radius 3 is 1.55 bits per heavy atom. The van der Waals surface area contributed by atoms with E-state index < -0.39 is 70.1 Å². The predicted octanol–water partition coefficient (Wildman–Crippen LogP) is -2.02. The average molecular weight is 446 g/mol. The minimum absolute atomic E-state index is 0.157. The highest BCUT2D eigenvalue weighted by atomic mass is 16.4. The minimum Gasteiger partial charge on any atom is -0.390 e. The monoisotopic (exact) mass is 446 g/mol. The molecule has 176 valence electrons. The largest absolute Gasteiger partial charge is 0.390 e. The molecule has 0 spiro atoms. The Labute approximate surface area is 179 Å². The standard InChI is InChI=1S/C20H30O11/c1-6-7-8-9-14(25)16(27)18(29,11(3)22)20(31,13(5)24)19(30,12(4)23)17(28)15(26)10(2)21/h10,15,21,26,29-31H,6-9H2,1-5H3/t10?,15?,18-,19+,20+/m0/s1. The van der Waals surface area contributed by atoms with Crippen LogP contribution in [0.5, 0.6) is 0 Å². The molecule has 31 heavy (non-hydrogen) atoms. The quantitative estimate of drug-likeness (QED) is 0.112. The van der Waals surface area contributed by atoms with Crippen LogP contribution in [0.25, 0.3) is 0 Å². The third-order valence-electron chi connectivity index (χ3n) is 5.25. The van der Waals surface area contributed by atoms with E-state index in [1.807, 2.05) is 0 Å². The van der Waals surface area contributed by atoms with Crippen LogP contribution in [0.2, 0.25) is 0 Å². The van der Waals surface area contributed by atoms with Crippen molar-refractivity contribution >= 4 is 34.7 Å². The summed E-state index contributed by atoms with van der Waals surface area (Å²) in [5.41, 5.74) is -12.3. The number of ketones is 6. The molecule has 0 aliphatic heterocycles. The highest BCUT2D eigenvalue weighted by molar-refractivity contribution is 6.46. The van der Waals surface area contributed by atoms with Crippen LogP contribution in [0, 0.1) is 0 Å². The number of aliphatic hydroxyl groups is 5. The molecule has 0 aromatic rings. The Bertz CT molecular complexity index is 771. The topological polar surface area (TPSA) is 204 Å². The van der Waals surface area contributed by atoms with Crippen LogP contribution in [-0.4, -0.2) is 89.2 Å². The zero-order valence-electron chi connectivity index (χ0n) is 18.2. The second-order valence-corrected chi connectivity index (χ2v) is 7.56. The van der Waals surface area contributed by atoms with Crippen molar-refractivity contribution in [2.75, 3.05) is 0 Å². The molecule has 5 N–H and O–H groups in total. The lowest BCUT2D eigenvalue weighted by Crippen LogP contribution is -2.82. The number of carbonyl (C=O) groups excluding carboxylic acids is 6. The van der Waals surface area contributed by atoms with E-state index >= 15 is 0 Å². The molecule has 5 atom stereocenters. The molecule has 0 aromatic carbocycles. The van der Waals surface area contributed by atoms with Gasteiger partial charge in [0.1, 0.15) is 6.10 Å². The van der Waals surface area contributed by atoms with Gasteiger partial charge in [-0.05, 0) is 34.1 Å². The first-order valence-electron chi connectivity index (χ1n) is 9.67. The summed E-state index contributed by atoms with van der Waals surface area (Å²) in [6.07, 6.45) is -3.68. The molecule has 0 aromatic heterocycles. The van der Waals surface area contributed by atoms with Crippen LogP contribution in [0.4, 0.5) is 0 Å². The molecule has 0 amide bonds. The molecule has 0 fully saturated rings. The number of hydrogen-bond donors (Lipinski definition) is 5. The predicted molar refractivity (Wildman–Crippen MR) is 104 cm³/mol.